The number of carbonyl (C=O) groups is 2. The fraction of sp³-hybridized carbons (Fsp3) is 0.769. The first-order valence-corrected chi connectivity index (χ1v) is 7.07. The predicted molar refractivity (Wildman–Crippen MR) is 76.8 cm³/mol. The van der Waals surface area contributed by atoms with Gasteiger partial charge in [0.25, 0.3) is 0 Å². The minimum Gasteiger partial charge on any atom is -0.409 e. The van der Waals surface area contributed by atoms with E-state index in [0.29, 0.717) is 39.0 Å². The van der Waals surface area contributed by atoms with Crippen molar-refractivity contribution in [1.82, 2.24) is 10.2 Å². The molecule has 8 nitrogen and oxygen atoms in total. The molecule has 0 radical (unpaired) electrons. The Morgan fingerprint density at radius 2 is 2.05 bits per heavy atom. The van der Waals surface area contributed by atoms with Crippen molar-refractivity contribution in [1.29, 1.82) is 0 Å². The second-order valence-corrected chi connectivity index (χ2v) is 5.08. The largest absolute Gasteiger partial charge is 0.409 e. The minimum atomic E-state index is -1.09. The average Bonchev–Trinajstić information content (AvgIpc) is 2.53. The van der Waals surface area contributed by atoms with Crippen LogP contribution in [0.4, 0.5) is 0 Å². The molecular weight excluding hydrogens is 276 g/mol. The Morgan fingerprint density at radius 3 is 2.52 bits per heavy atom. The van der Waals surface area contributed by atoms with Gasteiger partial charge in [0.15, 0.2) is 5.84 Å². The van der Waals surface area contributed by atoms with Gasteiger partial charge in [-0.05, 0) is 19.3 Å². The van der Waals surface area contributed by atoms with Gasteiger partial charge < -0.3 is 25.9 Å². The molecule has 1 saturated heterocycles. The Morgan fingerprint density at radius 1 is 1.43 bits per heavy atom. The van der Waals surface area contributed by atoms with Crippen molar-refractivity contribution in [3.63, 3.8) is 0 Å². The Balaban J connectivity index is 3.03. The van der Waals surface area contributed by atoms with Gasteiger partial charge >= 0.3 is 0 Å². The zero-order valence-corrected chi connectivity index (χ0v) is 12.6. The summed E-state index contributed by atoms with van der Waals surface area (Å²) in [5.41, 5.74) is 4.69. The summed E-state index contributed by atoms with van der Waals surface area (Å²) in [6.45, 7) is 3.05. The molecule has 120 valence electrons. The van der Waals surface area contributed by atoms with Crippen LogP contribution >= 0.6 is 0 Å². The number of oxime groups is 1. The monoisotopic (exact) mass is 300 g/mol. The number of nitrogens with zero attached hydrogens (tertiary/aromatic N) is 2. The summed E-state index contributed by atoms with van der Waals surface area (Å²) >= 11 is 0. The molecular formula is C13H24N4O4. The number of amides is 2. The van der Waals surface area contributed by atoms with Gasteiger partial charge in [-0.25, -0.2) is 0 Å². The molecule has 8 heteroatoms. The molecule has 1 rings (SSSR count). The summed E-state index contributed by atoms with van der Waals surface area (Å²) in [5.74, 6) is -0.654. The molecule has 0 unspecified atom stereocenters. The quantitative estimate of drug-likeness (QED) is 0.265. The van der Waals surface area contributed by atoms with Gasteiger partial charge in [0.2, 0.25) is 11.8 Å². The van der Waals surface area contributed by atoms with Crippen molar-refractivity contribution in [3.8, 4) is 0 Å². The SMILES string of the molecule is CCCN(CC(=O)NC)C(=O)C1(C(N)=NO)CCOCC1. The first kappa shape index (κ1) is 17.2. The molecule has 0 spiro atoms. The molecule has 1 aliphatic heterocycles. The molecule has 1 aliphatic rings. The standard InChI is InChI=1S/C13H24N4O4/c1-3-6-17(9-10(18)15-2)12(19)13(11(14)16-20)4-7-21-8-5-13/h20H,3-9H2,1-2H3,(H2,14,16)(H,15,18). The van der Waals surface area contributed by atoms with E-state index in [0.717, 1.165) is 0 Å². The molecule has 2 amide bonds. The van der Waals surface area contributed by atoms with Gasteiger partial charge in [-0.3, -0.25) is 9.59 Å². The third-order valence-electron chi connectivity index (χ3n) is 3.75. The number of rotatable bonds is 6. The highest BCUT2D eigenvalue weighted by atomic mass is 16.5. The van der Waals surface area contributed by atoms with Gasteiger partial charge in [-0.2, -0.15) is 0 Å². The van der Waals surface area contributed by atoms with Crippen LogP contribution in [0.1, 0.15) is 26.2 Å². The lowest BCUT2D eigenvalue weighted by molar-refractivity contribution is -0.145. The van der Waals surface area contributed by atoms with E-state index in [1.165, 1.54) is 11.9 Å². The summed E-state index contributed by atoms with van der Waals surface area (Å²) in [5, 5.41) is 14.6. The normalized spacial score (nSPS) is 18.1. The third-order valence-corrected chi connectivity index (χ3v) is 3.75. The molecule has 1 fully saturated rings. The average molecular weight is 300 g/mol. The lowest BCUT2D eigenvalue weighted by Gasteiger charge is -2.38. The van der Waals surface area contributed by atoms with E-state index in [4.69, 9.17) is 15.7 Å². The van der Waals surface area contributed by atoms with Crippen LogP contribution in [0.25, 0.3) is 0 Å². The molecule has 0 aromatic carbocycles. The summed E-state index contributed by atoms with van der Waals surface area (Å²) in [6.07, 6.45) is 1.40. The number of ether oxygens (including phenoxy) is 1. The van der Waals surface area contributed by atoms with Crippen LogP contribution in [-0.4, -0.2) is 61.1 Å². The second-order valence-electron chi connectivity index (χ2n) is 5.08. The zero-order valence-electron chi connectivity index (χ0n) is 12.6. The van der Waals surface area contributed by atoms with Crippen LogP contribution in [0, 0.1) is 5.41 Å². The third kappa shape index (κ3) is 3.84. The molecule has 0 saturated carbocycles. The summed E-state index contributed by atoms with van der Waals surface area (Å²) in [7, 11) is 1.52. The lowest BCUT2D eigenvalue weighted by atomic mass is 9.77. The highest BCUT2D eigenvalue weighted by molar-refractivity contribution is 6.07. The maximum atomic E-state index is 12.9. The second kappa shape index (κ2) is 7.82. The van der Waals surface area contributed by atoms with Crippen molar-refractivity contribution >= 4 is 17.6 Å². The molecule has 0 bridgehead atoms. The molecule has 4 N–H and O–H groups in total. The number of nitrogens with two attached hydrogens (primary N) is 1. The highest BCUT2D eigenvalue weighted by Crippen LogP contribution is 2.33. The zero-order chi connectivity index (χ0) is 15.9. The van der Waals surface area contributed by atoms with Crippen LogP contribution in [0.2, 0.25) is 0 Å². The van der Waals surface area contributed by atoms with E-state index in [-0.39, 0.29) is 24.2 Å². The number of hydrogen-bond donors (Lipinski definition) is 3. The van der Waals surface area contributed by atoms with Crippen LogP contribution in [0.3, 0.4) is 0 Å². The maximum Gasteiger partial charge on any atom is 0.239 e. The van der Waals surface area contributed by atoms with Crippen molar-refractivity contribution in [2.45, 2.75) is 26.2 Å². The van der Waals surface area contributed by atoms with Gasteiger partial charge in [-0.15, -0.1) is 0 Å². The first-order valence-electron chi connectivity index (χ1n) is 7.07. The van der Waals surface area contributed by atoms with E-state index in [1.807, 2.05) is 6.92 Å². The number of likely N-dealkylation sites (N-methyl/N-ethyl adjacent to an activating group) is 1. The van der Waals surface area contributed by atoms with E-state index in [1.54, 1.807) is 0 Å². The van der Waals surface area contributed by atoms with Crippen molar-refractivity contribution in [3.05, 3.63) is 0 Å². The van der Waals surface area contributed by atoms with Crippen molar-refractivity contribution in [2.75, 3.05) is 33.4 Å². The number of carbonyl (C=O) groups excluding carboxylic acids is 2. The van der Waals surface area contributed by atoms with Gasteiger partial charge in [0.05, 0.1) is 6.54 Å². The summed E-state index contributed by atoms with van der Waals surface area (Å²) in [6, 6.07) is 0. The Kier molecular flexibility index (Phi) is 6.41. The molecule has 21 heavy (non-hydrogen) atoms. The molecule has 0 atom stereocenters. The molecule has 0 aliphatic carbocycles. The maximum absolute atomic E-state index is 12.9. The minimum absolute atomic E-state index is 0.0372. The Labute approximate surface area is 124 Å². The predicted octanol–water partition coefficient (Wildman–Crippen LogP) is -0.486. The van der Waals surface area contributed by atoms with Gasteiger partial charge in [0, 0.05) is 26.8 Å². The van der Waals surface area contributed by atoms with E-state index >= 15 is 0 Å². The molecule has 0 aromatic heterocycles. The molecule has 0 aromatic rings. The molecule has 1 heterocycles. The van der Waals surface area contributed by atoms with E-state index < -0.39 is 5.41 Å². The van der Waals surface area contributed by atoms with Crippen LogP contribution in [0.15, 0.2) is 5.16 Å². The van der Waals surface area contributed by atoms with E-state index in [9.17, 15) is 9.59 Å². The van der Waals surface area contributed by atoms with E-state index in [2.05, 4.69) is 10.5 Å². The first-order chi connectivity index (χ1) is 10.0. The number of hydrogen-bond acceptors (Lipinski definition) is 5. The number of nitrogens with one attached hydrogen (secondary N) is 1. The Hall–Kier alpha value is -1.83. The summed E-state index contributed by atoms with van der Waals surface area (Å²) in [4.78, 5) is 25.9. The topological polar surface area (TPSA) is 117 Å². The van der Waals surface area contributed by atoms with Crippen molar-refractivity contribution < 1.29 is 19.5 Å². The smallest absolute Gasteiger partial charge is 0.239 e. The Bertz CT molecular complexity index is 405. The van der Waals surface area contributed by atoms with Crippen LogP contribution in [-0.2, 0) is 14.3 Å². The highest BCUT2D eigenvalue weighted by Gasteiger charge is 2.46. The fourth-order valence-electron chi connectivity index (χ4n) is 2.47. The lowest BCUT2D eigenvalue weighted by Crippen LogP contribution is -2.55. The number of amidine groups is 1. The van der Waals surface area contributed by atoms with Gasteiger partial charge in [0.1, 0.15) is 5.41 Å². The fourth-order valence-corrected chi connectivity index (χ4v) is 2.47. The van der Waals surface area contributed by atoms with Crippen molar-refractivity contribution in [2.24, 2.45) is 16.3 Å². The van der Waals surface area contributed by atoms with Crippen LogP contribution in [0.5, 0.6) is 0 Å². The van der Waals surface area contributed by atoms with Crippen LogP contribution < -0.4 is 11.1 Å². The summed E-state index contributed by atoms with van der Waals surface area (Å²) < 4.78 is 5.27. The van der Waals surface area contributed by atoms with Gasteiger partial charge in [-0.1, -0.05) is 12.1 Å².